The molecule has 2 N–H and O–H groups in total. The molecule has 0 atom stereocenters. The highest BCUT2D eigenvalue weighted by Crippen LogP contribution is 2.25. The number of nitrogens with one attached hydrogen (secondary N) is 1. The lowest BCUT2D eigenvalue weighted by molar-refractivity contribution is -0.123. The van der Waals surface area contributed by atoms with Gasteiger partial charge in [0.2, 0.25) is 0 Å². The first-order chi connectivity index (χ1) is 11.1. The van der Waals surface area contributed by atoms with Gasteiger partial charge in [-0.3, -0.25) is 4.79 Å². The van der Waals surface area contributed by atoms with Crippen molar-refractivity contribution >= 4 is 23.7 Å². The molecule has 0 aliphatic heterocycles. The minimum absolute atomic E-state index is 0.00570. The van der Waals surface area contributed by atoms with Crippen molar-refractivity contribution in [3.8, 4) is 17.2 Å². The number of halogens is 1. The van der Waals surface area contributed by atoms with Gasteiger partial charge in [-0.25, -0.2) is 5.43 Å². The molecule has 0 saturated carbocycles. The third-order valence-electron chi connectivity index (χ3n) is 2.79. The van der Waals surface area contributed by atoms with Crippen LogP contribution in [0.1, 0.15) is 5.56 Å². The van der Waals surface area contributed by atoms with Crippen molar-refractivity contribution in [3.05, 3.63) is 53.1 Å². The molecule has 7 heteroatoms. The highest BCUT2D eigenvalue weighted by molar-refractivity contribution is 6.30. The van der Waals surface area contributed by atoms with E-state index in [9.17, 15) is 9.90 Å². The fraction of sp³-hybridized carbons (Fsp3) is 0.125. The molecular formula is C16H15ClN2O4. The molecule has 23 heavy (non-hydrogen) atoms. The summed E-state index contributed by atoms with van der Waals surface area (Å²) in [5.74, 6) is 0.485. The third kappa shape index (κ3) is 5.19. The number of ether oxygens (including phenoxy) is 2. The summed E-state index contributed by atoms with van der Waals surface area (Å²) in [6.45, 7) is -0.174. The summed E-state index contributed by atoms with van der Waals surface area (Å²) < 4.78 is 10.2. The summed E-state index contributed by atoms with van der Waals surface area (Å²) in [6, 6.07) is 11.4. The molecule has 0 aromatic heterocycles. The number of hydrogen-bond donors (Lipinski definition) is 2. The van der Waals surface area contributed by atoms with E-state index < -0.39 is 5.91 Å². The fourth-order valence-electron chi connectivity index (χ4n) is 1.68. The van der Waals surface area contributed by atoms with Gasteiger partial charge in [-0.15, -0.1) is 0 Å². The monoisotopic (exact) mass is 334 g/mol. The first-order valence-electron chi connectivity index (χ1n) is 6.66. The Hall–Kier alpha value is -2.73. The number of aromatic hydroxyl groups is 1. The summed E-state index contributed by atoms with van der Waals surface area (Å²) in [7, 11) is 1.46. The second kappa shape index (κ2) is 8.05. The quantitative estimate of drug-likeness (QED) is 0.628. The second-order valence-corrected chi connectivity index (χ2v) is 4.90. The fourth-order valence-corrected chi connectivity index (χ4v) is 1.80. The zero-order valence-electron chi connectivity index (χ0n) is 12.3. The molecule has 0 unspecified atom stereocenters. The molecule has 2 aromatic carbocycles. The predicted molar refractivity (Wildman–Crippen MR) is 87.3 cm³/mol. The number of phenolic OH excluding ortho intramolecular Hbond substituents is 1. The van der Waals surface area contributed by atoms with Gasteiger partial charge in [0.15, 0.2) is 18.1 Å². The van der Waals surface area contributed by atoms with Crippen LogP contribution < -0.4 is 14.9 Å². The number of carbonyl (C=O) groups excluding carboxylic acids is 1. The van der Waals surface area contributed by atoms with E-state index in [0.717, 1.165) is 0 Å². The maximum Gasteiger partial charge on any atom is 0.277 e. The Labute approximate surface area is 138 Å². The number of rotatable bonds is 6. The summed E-state index contributed by atoms with van der Waals surface area (Å²) in [4.78, 5) is 11.6. The Bertz CT molecular complexity index is 702. The third-order valence-corrected chi connectivity index (χ3v) is 3.04. The van der Waals surface area contributed by atoms with Crippen molar-refractivity contribution in [1.29, 1.82) is 0 Å². The first-order valence-corrected chi connectivity index (χ1v) is 7.03. The van der Waals surface area contributed by atoms with Gasteiger partial charge in [0, 0.05) is 5.02 Å². The minimum atomic E-state index is -0.408. The van der Waals surface area contributed by atoms with Gasteiger partial charge in [0.1, 0.15) is 5.75 Å². The molecule has 0 bridgehead atoms. The van der Waals surface area contributed by atoms with Gasteiger partial charge in [-0.1, -0.05) is 11.6 Å². The smallest absolute Gasteiger partial charge is 0.277 e. The van der Waals surface area contributed by atoms with Crippen LogP contribution in [0.4, 0.5) is 0 Å². The highest BCUT2D eigenvalue weighted by Gasteiger charge is 2.03. The Morgan fingerprint density at radius 3 is 2.70 bits per heavy atom. The Morgan fingerprint density at radius 1 is 1.30 bits per heavy atom. The summed E-state index contributed by atoms with van der Waals surface area (Å²) in [6.07, 6.45) is 1.40. The lowest BCUT2D eigenvalue weighted by atomic mass is 10.2. The maximum absolute atomic E-state index is 11.6. The van der Waals surface area contributed by atoms with Crippen molar-refractivity contribution in [2.75, 3.05) is 13.7 Å². The Morgan fingerprint density at radius 2 is 2.04 bits per heavy atom. The van der Waals surface area contributed by atoms with Crippen LogP contribution >= 0.6 is 11.6 Å². The summed E-state index contributed by atoms with van der Waals surface area (Å²) >= 11 is 5.75. The molecule has 0 heterocycles. The van der Waals surface area contributed by atoms with Gasteiger partial charge in [0.25, 0.3) is 5.91 Å². The molecule has 6 nitrogen and oxygen atoms in total. The number of methoxy groups -OCH3 is 1. The van der Waals surface area contributed by atoms with E-state index in [1.807, 2.05) is 0 Å². The van der Waals surface area contributed by atoms with Crippen molar-refractivity contribution < 1.29 is 19.4 Å². The van der Waals surface area contributed by atoms with E-state index in [-0.39, 0.29) is 12.4 Å². The van der Waals surface area contributed by atoms with E-state index >= 15 is 0 Å². The van der Waals surface area contributed by atoms with E-state index in [1.54, 1.807) is 36.4 Å². The van der Waals surface area contributed by atoms with E-state index in [1.165, 1.54) is 19.4 Å². The molecule has 2 aromatic rings. The average Bonchev–Trinajstić information content (AvgIpc) is 2.54. The SMILES string of the molecule is COc1ccc(C=NNC(=O)COc2ccc(Cl)cc2)cc1O. The molecule has 0 aliphatic rings. The van der Waals surface area contributed by atoms with Crippen LogP contribution in [0.25, 0.3) is 0 Å². The second-order valence-electron chi connectivity index (χ2n) is 4.47. The zero-order valence-corrected chi connectivity index (χ0v) is 13.1. The summed E-state index contributed by atoms with van der Waals surface area (Å²) in [5.41, 5.74) is 2.94. The lowest BCUT2D eigenvalue weighted by Crippen LogP contribution is -2.24. The first kappa shape index (κ1) is 16.6. The van der Waals surface area contributed by atoms with Gasteiger partial charge in [-0.2, -0.15) is 5.10 Å². The number of carbonyl (C=O) groups is 1. The molecule has 1 amide bonds. The van der Waals surface area contributed by atoms with Crippen LogP contribution in [0.5, 0.6) is 17.2 Å². The lowest BCUT2D eigenvalue weighted by Gasteiger charge is -2.05. The van der Waals surface area contributed by atoms with Crippen molar-refractivity contribution in [1.82, 2.24) is 5.43 Å². The number of amides is 1. The van der Waals surface area contributed by atoms with Gasteiger partial charge in [0.05, 0.1) is 13.3 Å². The predicted octanol–water partition coefficient (Wildman–Crippen LogP) is 2.58. The molecule has 0 aliphatic carbocycles. The molecule has 0 saturated heterocycles. The largest absolute Gasteiger partial charge is 0.504 e. The van der Waals surface area contributed by atoms with E-state index in [0.29, 0.717) is 22.1 Å². The van der Waals surface area contributed by atoms with Crippen molar-refractivity contribution in [2.45, 2.75) is 0 Å². The van der Waals surface area contributed by atoms with Crippen molar-refractivity contribution in [3.63, 3.8) is 0 Å². The average molecular weight is 335 g/mol. The molecule has 0 radical (unpaired) electrons. The van der Waals surface area contributed by atoms with Crippen molar-refractivity contribution in [2.24, 2.45) is 5.10 Å². The van der Waals surface area contributed by atoms with E-state index in [2.05, 4.69) is 10.5 Å². The standard InChI is InChI=1S/C16H15ClN2O4/c1-22-15-7-2-11(8-14(15)20)9-18-19-16(21)10-23-13-5-3-12(17)4-6-13/h2-9,20H,10H2,1H3,(H,19,21). The van der Waals surface area contributed by atoms with Crippen LogP contribution in [-0.2, 0) is 4.79 Å². The number of nitrogens with zero attached hydrogens (tertiary/aromatic N) is 1. The number of hydrazone groups is 1. The molecular weight excluding hydrogens is 320 g/mol. The van der Waals surface area contributed by atoms with Crippen LogP contribution in [-0.4, -0.2) is 30.9 Å². The zero-order chi connectivity index (χ0) is 16.7. The molecule has 0 fully saturated rings. The van der Waals surface area contributed by atoms with Gasteiger partial charge >= 0.3 is 0 Å². The van der Waals surface area contributed by atoms with Gasteiger partial charge in [-0.05, 0) is 48.0 Å². The summed E-state index contributed by atoms with van der Waals surface area (Å²) in [5, 5.41) is 14.0. The van der Waals surface area contributed by atoms with Crippen LogP contribution in [0.3, 0.4) is 0 Å². The van der Waals surface area contributed by atoms with Crippen LogP contribution in [0.2, 0.25) is 5.02 Å². The normalized spacial score (nSPS) is 10.5. The molecule has 0 spiro atoms. The Balaban J connectivity index is 1.81. The van der Waals surface area contributed by atoms with Crippen LogP contribution in [0.15, 0.2) is 47.6 Å². The maximum atomic E-state index is 11.6. The highest BCUT2D eigenvalue weighted by atomic mass is 35.5. The number of hydrogen-bond acceptors (Lipinski definition) is 5. The van der Waals surface area contributed by atoms with Crippen LogP contribution in [0, 0.1) is 0 Å². The van der Waals surface area contributed by atoms with E-state index in [4.69, 9.17) is 21.1 Å². The molecule has 120 valence electrons. The van der Waals surface area contributed by atoms with Gasteiger partial charge < -0.3 is 14.6 Å². The Kier molecular flexibility index (Phi) is 5.82. The number of benzene rings is 2. The topological polar surface area (TPSA) is 80.2 Å². The molecule has 2 rings (SSSR count). The minimum Gasteiger partial charge on any atom is -0.504 e. The number of phenols is 1.